The number of aliphatic hydroxyl groups excluding tert-OH is 1. The van der Waals surface area contributed by atoms with Crippen molar-refractivity contribution in [3.63, 3.8) is 0 Å². The first-order valence-electron chi connectivity index (χ1n) is 5.18. The SMILES string of the molecule is COc1ccc([C@H](C)N[C@@H](C)CO)cc1. The van der Waals surface area contributed by atoms with Crippen LogP contribution >= 0.6 is 0 Å². The topological polar surface area (TPSA) is 41.5 Å². The van der Waals surface area contributed by atoms with Crippen molar-refractivity contribution in [2.45, 2.75) is 25.9 Å². The number of hydrogen-bond acceptors (Lipinski definition) is 3. The van der Waals surface area contributed by atoms with Crippen molar-refractivity contribution >= 4 is 0 Å². The quantitative estimate of drug-likeness (QED) is 0.776. The molecule has 2 N–H and O–H groups in total. The monoisotopic (exact) mass is 209 g/mol. The van der Waals surface area contributed by atoms with E-state index < -0.39 is 0 Å². The maximum absolute atomic E-state index is 8.93. The molecule has 0 unspecified atom stereocenters. The molecule has 0 radical (unpaired) electrons. The van der Waals surface area contributed by atoms with E-state index in [0.717, 1.165) is 5.75 Å². The van der Waals surface area contributed by atoms with Gasteiger partial charge in [0.25, 0.3) is 0 Å². The highest BCUT2D eigenvalue weighted by Gasteiger charge is 2.08. The fourth-order valence-electron chi connectivity index (χ4n) is 1.47. The first-order chi connectivity index (χ1) is 7.17. The minimum atomic E-state index is 0.113. The zero-order valence-electron chi connectivity index (χ0n) is 9.53. The molecule has 0 aromatic heterocycles. The number of nitrogens with one attached hydrogen (secondary N) is 1. The Morgan fingerprint density at radius 1 is 1.27 bits per heavy atom. The summed E-state index contributed by atoms with van der Waals surface area (Å²) in [4.78, 5) is 0. The molecular weight excluding hydrogens is 190 g/mol. The van der Waals surface area contributed by atoms with Crippen LogP contribution in [0.3, 0.4) is 0 Å². The highest BCUT2D eigenvalue weighted by atomic mass is 16.5. The molecule has 1 aromatic rings. The molecule has 1 rings (SSSR count). The van der Waals surface area contributed by atoms with Crippen molar-refractivity contribution < 1.29 is 9.84 Å². The van der Waals surface area contributed by atoms with Crippen LogP contribution in [0.2, 0.25) is 0 Å². The molecule has 0 aliphatic rings. The molecule has 0 bridgehead atoms. The molecule has 84 valence electrons. The average molecular weight is 209 g/mol. The highest BCUT2D eigenvalue weighted by Crippen LogP contribution is 2.17. The van der Waals surface area contributed by atoms with Gasteiger partial charge in [-0.2, -0.15) is 0 Å². The Balaban J connectivity index is 2.61. The van der Waals surface area contributed by atoms with Crippen LogP contribution in [0, 0.1) is 0 Å². The van der Waals surface area contributed by atoms with E-state index in [-0.39, 0.29) is 18.7 Å². The summed E-state index contributed by atoms with van der Waals surface area (Å²) in [6.45, 7) is 4.19. The molecule has 3 heteroatoms. The van der Waals surface area contributed by atoms with Crippen molar-refractivity contribution in [1.29, 1.82) is 0 Å². The van der Waals surface area contributed by atoms with Gasteiger partial charge in [-0.25, -0.2) is 0 Å². The van der Waals surface area contributed by atoms with E-state index in [4.69, 9.17) is 9.84 Å². The van der Waals surface area contributed by atoms with Crippen LogP contribution in [-0.4, -0.2) is 24.9 Å². The lowest BCUT2D eigenvalue weighted by molar-refractivity contribution is 0.243. The third-order valence-corrected chi connectivity index (χ3v) is 2.42. The third kappa shape index (κ3) is 3.53. The lowest BCUT2D eigenvalue weighted by atomic mass is 10.1. The number of benzene rings is 1. The van der Waals surface area contributed by atoms with Crippen molar-refractivity contribution in [1.82, 2.24) is 5.32 Å². The first-order valence-corrected chi connectivity index (χ1v) is 5.18. The van der Waals surface area contributed by atoms with Crippen LogP contribution in [-0.2, 0) is 0 Å². The molecular formula is C12H19NO2. The summed E-state index contributed by atoms with van der Waals surface area (Å²) < 4.78 is 5.09. The summed E-state index contributed by atoms with van der Waals surface area (Å²) in [6.07, 6.45) is 0. The van der Waals surface area contributed by atoms with E-state index in [2.05, 4.69) is 12.2 Å². The van der Waals surface area contributed by atoms with Crippen LogP contribution in [0.15, 0.2) is 24.3 Å². The Labute approximate surface area is 91.1 Å². The van der Waals surface area contributed by atoms with E-state index in [1.807, 2.05) is 31.2 Å². The maximum atomic E-state index is 8.93. The average Bonchev–Trinajstić information content (AvgIpc) is 2.29. The van der Waals surface area contributed by atoms with E-state index in [9.17, 15) is 0 Å². The van der Waals surface area contributed by atoms with Crippen molar-refractivity contribution in [3.05, 3.63) is 29.8 Å². The van der Waals surface area contributed by atoms with Gasteiger partial charge < -0.3 is 15.2 Å². The predicted octanol–water partition coefficient (Wildman–Crippen LogP) is 1.73. The highest BCUT2D eigenvalue weighted by molar-refractivity contribution is 5.28. The fraction of sp³-hybridized carbons (Fsp3) is 0.500. The minimum absolute atomic E-state index is 0.113. The molecule has 0 amide bonds. The summed E-state index contributed by atoms with van der Waals surface area (Å²) in [5.74, 6) is 0.862. The molecule has 3 nitrogen and oxygen atoms in total. The molecule has 2 atom stereocenters. The van der Waals surface area contributed by atoms with Gasteiger partial charge in [-0.1, -0.05) is 12.1 Å². The van der Waals surface area contributed by atoms with E-state index in [0.29, 0.717) is 0 Å². The molecule has 15 heavy (non-hydrogen) atoms. The minimum Gasteiger partial charge on any atom is -0.497 e. The molecule has 0 heterocycles. The summed E-state index contributed by atoms with van der Waals surface area (Å²) in [5, 5.41) is 12.2. The summed E-state index contributed by atoms with van der Waals surface area (Å²) in [6, 6.07) is 8.29. The summed E-state index contributed by atoms with van der Waals surface area (Å²) in [7, 11) is 1.66. The number of methoxy groups -OCH3 is 1. The second-order valence-electron chi connectivity index (χ2n) is 3.75. The number of rotatable bonds is 5. The number of aliphatic hydroxyl groups is 1. The zero-order chi connectivity index (χ0) is 11.3. The van der Waals surface area contributed by atoms with Gasteiger partial charge in [0.05, 0.1) is 13.7 Å². The van der Waals surface area contributed by atoms with Gasteiger partial charge in [0, 0.05) is 12.1 Å². The van der Waals surface area contributed by atoms with Crippen molar-refractivity contribution in [3.8, 4) is 5.75 Å². The zero-order valence-corrected chi connectivity index (χ0v) is 9.53. The van der Waals surface area contributed by atoms with Crippen LogP contribution in [0.4, 0.5) is 0 Å². The Morgan fingerprint density at radius 2 is 1.87 bits per heavy atom. The normalized spacial score (nSPS) is 14.7. The van der Waals surface area contributed by atoms with E-state index >= 15 is 0 Å². The van der Waals surface area contributed by atoms with Gasteiger partial charge in [-0.3, -0.25) is 0 Å². The third-order valence-electron chi connectivity index (χ3n) is 2.42. The lowest BCUT2D eigenvalue weighted by Crippen LogP contribution is -2.31. The molecule has 0 spiro atoms. The van der Waals surface area contributed by atoms with Gasteiger partial charge >= 0.3 is 0 Å². The van der Waals surface area contributed by atoms with Gasteiger partial charge in [0.15, 0.2) is 0 Å². The summed E-state index contributed by atoms with van der Waals surface area (Å²) in [5.41, 5.74) is 1.19. The maximum Gasteiger partial charge on any atom is 0.118 e. The van der Waals surface area contributed by atoms with Gasteiger partial charge in [-0.15, -0.1) is 0 Å². The molecule has 0 saturated carbocycles. The molecule has 0 aliphatic carbocycles. The second kappa shape index (κ2) is 5.73. The fourth-order valence-corrected chi connectivity index (χ4v) is 1.47. The largest absolute Gasteiger partial charge is 0.497 e. The van der Waals surface area contributed by atoms with Crippen molar-refractivity contribution in [2.75, 3.05) is 13.7 Å². The van der Waals surface area contributed by atoms with Gasteiger partial charge in [0.1, 0.15) is 5.75 Å². The predicted molar refractivity (Wildman–Crippen MR) is 61.1 cm³/mol. The van der Waals surface area contributed by atoms with Gasteiger partial charge in [0.2, 0.25) is 0 Å². The molecule has 0 fully saturated rings. The van der Waals surface area contributed by atoms with Crippen LogP contribution in [0.1, 0.15) is 25.5 Å². The smallest absolute Gasteiger partial charge is 0.118 e. The standard InChI is InChI=1S/C12H19NO2/c1-9(8-14)13-10(2)11-4-6-12(15-3)7-5-11/h4-7,9-10,13-14H,8H2,1-3H3/t9-,10-/m0/s1. The molecule has 0 saturated heterocycles. The van der Waals surface area contributed by atoms with Crippen molar-refractivity contribution in [2.24, 2.45) is 0 Å². The molecule has 1 aromatic carbocycles. The van der Waals surface area contributed by atoms with Gasteiger partial charge in [-0.05, 0) is 31.5 Å². The Bertz CT molecular complexity index is 284. The van der Waals surface area contributed by atoms with E-state index in [1.54, 1.807) is 7.11 Å². The number of ether oxygens (including phenoxy) is 1. The van der Waals surface area contributed by atoms with Crippen LogP contribution in [0.5, 0.6) is 5.75 Å². The molecule has 0 aliphatic heterocycles. The first kappa shape index (κ1) is 12.0. The number of hydrogen-bond donors (Lipinski definition) is 2. The summed E-state index contributed by atoms with van der Waals surface area (Å²) >= 11 is 0. The Hall–Kier alpha value is -1.06. The van der Waals surface area contributed by atoms with Crippen LogP contribution in [0.25, 0.3) is 0 Å². The lowest BCUT2D eigenvalue weighted by Gasteiger charge is -2.18. The Morgan fingerprint density at radius 3 is 2.33 bits per heavy atom. The van der Waals surface area contributed by atoms with Crippen LogP contribution < -0.4 is 10.1 Å². The second-order valence-corrected chi connectivity index (χ2v) is 3.75. The van der Waals surface area contributed by atoms with E-state index in [1.165, 1.54) is 5.56 Å². The Kier molecular flexibility index (Phi) is 4.59.